The van der Waals surface area contributed by atoms with Crippen molar-refractivity contribution < 1.29 is 19.2 Å². The Morgan fingerprint density at radius 3 is 2.50 bits per heavy atom. The molecule has 184 valence electrons. The van der Waals surface area contributed by atoms with Gasteiger partial charge >= 0.3 is 0 Å². The predicted octanol–water partition coefficient (Wildman–Crippen LogP) is 5.66. The topological polar surface area (TPSA) is 111 Å². The first-order chi connectivity index (χ1) is 17.1. The Balaban J connectivity index is 1.55. The number of halogens is 1. The number of nitrogens with zero attached hydrogens (tertiary/aromatic N) is 1. The minimum atomic E-state index is -0.598. The van der Waals surface area contributed by atoms with E-state index in [-0.39, 0.29) is 27.6 Å². The van der Waals surface area contributed by atoms with Crippen LogP contribution >= 0.6 is 11.6 Å². The van der Waals surface area contributed by atoms with E-state index >= 15 is 0 Å². The largest absolute Gasteiger partial charge is 0.497 e. The number of hydrogen-bond donors (Lipinski definition) is 2. The molecule has 2 N–H and O–H groups in total. The number of nitrogens with one attached hydrogen (secondary N) is 2. The molecule has 0 bridgehead atoms. The van der Waals surface area contributed by atoms with E-state index in [4.69, 9.17) is 16.3 Å². The van der Waals surface area contributed by atoms with Gasteiger partial charge in [-0.05, 0) is 68.3 Å². The minimum absolute atomic E-state index is 0.0177. The van der Waals surface area contributed by atoms with Gasteiger partial charge in [-0.2, -0.15) is 0 Å². The van der Waals surface area contributed by atoms with Crippen LogP contribution in [0.15, 0.2) is 66.7 Å². The first-order valence-electron chi connectivity index (χ1n) is 11.1. The molecule has 1 heterocycles. The van der Waals surface area contributed by atoms with Crippen LogP contribution in [0.5, 0.6) is 5.75 Å². The molecule has 0 spiro atoms. The van der Waals surface area contributed by atoms with E-state index in [9.17, 15) is 19.7 Å². The molecule has 0 saturated heterocycles. The Bertz CT molecular complexity index is 1400. The Morgan fingerprint density at radius 1 is 1.11 bits per heavy atom. The van der Waals surface area contributed by atoms with Gasteiger partial charge in [0.05, 0.1) is 22.6 Å². The Hall–Kier alpha value is -4.17. The van der Waals surface area contributed by atoms with E-state index in [1.165, 1.54) is 12.1 Å². The summed E-state index contributed by atoms with van der Waals surface area (Å²) >= 11 is 6.05. The second-order valence-electron chi connectivity index (χ2n) is 9.08. The number of fused-ring (bicyclic) bond motifs is 1. The van der Waals surface area contributed by atoms with Gasteiger partial charge in [0.2, 0.25) is 0 Å². The number of benzene rings is 3. The summed E-state index contributed by atoms with van der Waals surface area (Å²) < 4.78 is 5.36. The second kappa shape index (κ2) is 9.83. The number of rotatable bonds is 6. The average molecular weight is 506 g/mol. The van der Waals surface area contributed by atoms with Crippen LogP contribution in [0, 0.1) is 10.1 Å². The van der Waals surface area contributed by atoms with Crippen molar-refractivity contribution in [2.45, 2.75) is 25.8 Å². The lowest BCUT2D eigenvalue weighted by Crippen LogP contribution is -2.43. The van der Waals surface area contributed by atoms with Gasteiger partial charge in [-0.25, -0.2) is 0 Å². The van der Waals surface area contributed by atoms with Gasteiger partial charge in [0.1, 0.15) is 5.75 Å². The van der Waals surface area contributed by atoms with Gasteiger partial charge in [-0.15, -0.1) is 0 Å². The molecule has 1 amide bonds. The number of non-ortho nitro benzene ring substituents is 1. The number of ketones is 1. The van der Waals surface area contributed by atoms with Crippen molar-refractivity contribution in [3.63, 3.8) is 0 Å². The maximum absolute atomic E-state index is 13.1. The van der Waals surface area contributed by atoms with Gasteiger partial charge < -0.3 is 15.4 Å². The van der Waals surface area contributed by atoms with E-state index in [1.807, 2.05) is 18.2 Å². The average Bonchev–Trinajstić information content (AvgIpc) is 2.83. The monoisotopic (exact) mass is 505 g/mol. The number of nitro groups is 1. The highest BCUT2D eigenvalue weighted by Crippen LogP contribution is 2.32. The summed E-state index contributed by atoms with van der Waals surface area (Å²) in [4.78, 5) is 36.1. The van der Waals surface area contributed by atoms with Crippen LogP contribution in [-0.4, -0.2) is 29.3 Å². The molecule has 8 nitrogen and oxygen atoms in total. The molecule has 0 radical (unpaired) electrons. The number of anilines is 1. The summed E-state index contributed by atoms with van der Waals surface area (Å²) in [6, 6.07) is 15.9. The number of ether oxygens (including phenoxy) is 1. The molecule has 4 rings (SSSR count). The standard InChI is InChI=1S/C27H24ClN3O5/c1-27(2)15-17-6-10-20(36-3)13-21(17)24(30-27)14-25(32)16-4-7-18(8-5-16)29-26(33)22-12-19(31(34)35)9-11-23(22)28/h4-14,30H,15H2,1-3H3,(H,29,33)/b24-14-. The van der Waals surface area contributed by atoms with Gasteiger partial charge in [0.25, 0.3) is 11.6 Å². The molecule has 0 saturated carbocycles. The van der Waals surface area contributed by atoms with E-state index in [1.54, 1.807) is 37.5 Å². The fourth-order valence-corrected chi connectivity index (χ4v) is 4.29. The minimum Gasteiger partial charge on any atom is -0.497 e. The van der Waals surface area contributed by atoms with Crippen molar-refractivity contribution in [2.24, 2.45) is 0 Å². The maximum atomic E-state index is 13.1. The zero-order valence-electron chi connectivity index (χ0n) is 19.9. The van der Waals surface area contributed by atoms with Gasteiger partial charge in [-0.3, -0.25) is 19.7 Å². The first kappa shape index (κ1) is 24.9. The highest BCUT2D eigenvalue weighted by molar-refractivity contribution is 6.34. The molecular weight excluding hydrogens is 482 g/mol. The van der Waals surface area contributed by atoms with Gasteiger partial charge in [-0.1, -0.05) is 17.7 Å². The zero-order valence-corrected chi connectivity index (χ0v) is 20.7. The van der Waals surface area contributed by atoms with Crippen LogP contribution in [0.2, 0.25) is 5.02 Å². The summed E-state index contributed by atoms with van der Waals surface area (Å²) in [5.74, 6) is -0.0924. The van der Waals surface area contributed by atoms with Crippen LogP contribution in [-0.2, 0) is 6.42 Å². The Kier molecular flexibility index (Phi) is 6.81. The number of carbonyl (C=O) groups excluding carboxylic acids is 2. The smallest absolute Gasteiger partial charge is 0.270 e. The molecule has 1 aliphatic heterocycles. The summed E-state index contributed by atoms with van der Waals surface area (Å²) in [7, 11) is 1.60. The van der Waals surface area contributed by atoms with E-state index < -0.39 is 10.8 Å². The van der Waals surface area contributed by atoms with E-state index in [0.29, 0.717) is 22.7 Å². The second-order valence-corrected chi connectivity index (χ2v) is 9.49. The Morgan fingerprint density at radius 2 is 1.83 bits per heavy atom. The third kappa shape index (κ3) is 5.39. The quantitative estimate of drug-likeness (QED) is 0.194. The van der Waals surface area contributed by atoms with Crippen LogP contribution < -0.4 is 15.4 Å². The number of nitro benzene ring substituents is 1. The van der Waals surface area contributed by atoms with Crippen molar-refractivity contribution in [2.75, 3.05) is 12.4 Å². The number of allylic oxidation sites excluding steroid dienone is 1. The van der Waals surface area contributed by atoms with Crippen molar-refractivity contribution in [1.29, 1.82) is 0 Å². The third-order valence-corrected chi connectivity index (χ3v) is 6.15. The third-order valence-electron chi connectivity index (χ3n) is 5.82. The molecule has 0 aromatic heterocycles. The number of methoxy groups -OCH3 is 1. The van der Waals surface area contributed by atoms with E-state index in [0.717, 1.165) is 23.6 Å². The van der Waals surface area contributed by atoms with Crippen molar-refractivity contribution in [3.8, 4) is 5.75 Å². The molecule has 3 aromatic carbocycles. The molecular formula is C27H24ClN3O5. The fraction of sp³-hybridized carbons (Fsp3) is 0.185. The number of amides is 1. The van der Waals surface area contributed by atoms with Gasteiger partial charge in [0, 0.05) is 46.3 Å². The summed E-state index contributed by atoms with van der Waals surface area (Å²) in [5, 5.41) is 17.2. The van der Waals surface area contributed by atoms with Crippen LogP contribution in [0.4, 0.5) is 11.4 Å². The van der Waals surface area contributed by atoms with Crippen LogP contribution in [0.3, 0.4) is 0 Å². The number of carbonyl (C=O) groups is 2. The lowest BCUT2D eigenvalue weighted by atomic mass is 9.85. The fourth-order valence-electron chi connectivity index (χ4n) is 4.08. The van der Waals surface area contributed by atoms with Crippen molar-refractivity contribution in [3.05, 3.63) is 104 Å². The van der Waals surface area contributed by atoms with Crippen LogP contribution in [0.25, 0.3) is 5.70 Å². The molecule has 9 heteroatoms. The molecule has 0 fully saturated rings. The summed E-state index contributed by atoms with van der Waals surface area (Å²) in [6.07, 6.45) is 2.37. The lowest BCUT2D eigenvalue weighted by molar-refractivity contribution is -0.384. The normalized spacial score (nSPS) is 14.9. The lowest BCUT2D eigenvalue weighted by Gasteiger charge is -2.35. The summed E-state index contributed by atoms with van der Waals surface area (Å²) in [5.41, 5.74) is 3.12. The van der Waals surface area contributed by atoms with Crippen molar-refractivity contribution >= 4 is 40.4 Å². The highest BCUT2D eigenvalue weighted by Gasteiger charge is 2.28. The number of hydrogen-bond acceptors (Lipinski definition) is 6. The van der Waals surface area contributed by atoms with Gasteiger partial charge in [0.15, 0.2) is 5.78 Å². The molecule has 3 aromatic rings. The van der Waals surface area contributed by atoms with Crippen molar-refractivity contribution in [1.82, 2.24) is 5.32 Å². The van der Waals surface area contributed by atoms with Crippen LogP contribution in [0.1, 0.15) is 45.7 Å². The highest BCUT2D eigenvalue weighted by atomic mass is 35.5. The molecule has 36 heavy (non-hydrogen) atoms. The molecule has 0 unspecified atom stereocenters. The first-order valence-corrected chi connectivity index (χ1v) is 11.5. The zero-order chi connectivity index (χ0) is 26.0. The molecule has 0 aliphatic carbocycles. The maximum Gasteiger partial charge on any atom is 0.270 e. The summed E-state index contributed by atoms with van der Waals surface area (Å²) in [6.45, 7) is 4.15. The SMILES string of the molecule is COc1ccc2c(c1)/C(=C/C(=O)c1ccc(NC(=O)c3cc([N+](=O)[O-])ccc3Cl)cc1)NC(C)(C)C2. The molecule has 1 aliphatic rings. The predicted molar refractivity (Wildman–Crippen MR) is 139 cm³/mol. The molecule has 0 atom stereocenters. The van der Waals surface area contributed by atoms with E-state index in [2.05, 4.69) is 24.5 Å². The Labute approximate surface area is 213 Å².